The van der Waals surface area contributed by atoms with Crippen molar-refractivity contribution in [3.63, 3.8) is 0 Å². The Balaban J connectivity index is 1.58. The summed E-state index contributed by atoms with van der Waals surface area (Å²) in [6.45, 7) is 20.7. The Bertz CT molecular complexity index is 862. The summed E-state index contributed by atoms with van der Waals surface area (Å²) in [5.74, 6) is 2.46. The van der Waals surface area contributed by atoms with Crippen LogP contribution < -0.4 is 0 Å². The van der Waals surface area contributed by atoms with Gasteiger partial charge in [0.05, 0.1) is 12.2 Å². The summed E-state index contributed by atoms with van der Waals surface area (Å²) >= 11 is 0. The van der Waals surface area contributed by atoms with Crippen LogP contribution in [0.3, 0.4) is 0 Å². The van der Waals surface area contributed by atoms with Crippen LogP contribution in [0.25, 0.3) is 0 Å². The standard InChI is InChI=1S/C32H52O2/c1-9-20(2)21(3)10-11-22(4)23-12-14-25-24-13-15-27-30(5,6)28(34)16-17-32(27,8)29(24)26(33)19-31(25,7)18-23/h14,20,22-23,26-28,33-34H,3,9-13,15-19H2,1-2,4-8H3/t20?,22-,23?,26+,27?,28+,31?,32?/m1/s1. The molecule has 0 bridgehead atoms. The lowest BCUT2D eigenvalue weighted by molar-refractivity contribution is -0.0971. The first-order valence-electron chi connectivity index (χ1n) is 14.3. The van der Waals surface area contributed by atoms with Crippen molar-refractivity contribution >= 4 is 0 Å². The molecule has 34 heavy (non-hydrogen) atoms. The summed E-state index contributed by atoms with van der Waals surface area (Å²) in [6, 6.07) is 0. The zero-order chi connectivity index (χ0) is 25.1. The van der Waals surface area contributed by atoms with Crippen molar-refractivity contribution < 1.29 is 10.2 Å². The van der Waals surface area contributed by atoms with Crippen molar-refractivity contribution in [2.24, 2.45) is 39.9 Å². The second kappa shape index (κ2) is 9.22. The molecule has 4 aliphatic rings. The number of fused-ring (bicyclic) bond motifs is 4. The van der Waals surface area contributed by atoms with Crippen molar-refractivity contribution in [2.45, 2.75) is 125 Å². The zero-order valence-electron chi connectivity index (χ0n) is 23.2. The van der Waals surface area contributed by atoms with E-state index in [-0.39, 0.29) is 28.5 Å². The predicted molar refractivity (Wildman–Crippen MR) is 143 cm³/mol. The fourth-order valence-corrected chi connectivity index (χ4v) is 8.79. The topological polar surface area (TPSA) is 40.5 Å². The van der Waals surface area contributed by atoms with E-state index in [0.717, 1.165) is 38.5 Å². The molecule has 192 valence electrons. The van der Waals surface area contributed by atoms with Gasteiger partial charge in [-0.3, -0.25) is 0 Å². The summed E-state index contributed by atoms with van der Waals surface area (Å²) in [5, 5.41) is 22.5. The summed E-state index contributed by atoms with van der Waals surface area (Å²) in [6.07, 6.45) is 12.9. The minimum absolute atomic E-state index is 0.0123. The fraction of sp³-hybridized carbons (Fsp3) is 0.812. The maximum atomic E-state index is 11.7. The van der Waals surface area contributed by atoms with Gasteiger partial charge in [0.2, 0.25) is 0 Å². The smallest absolute Gasteiger partial charge is 0.0769 e. The maximum absolute atomic E-state index is 11.7. The highest BCUT2D eigenvalue weighted by Gasteiger charge is 2.58. The predicted octanol–water partition coefficient (Wildman–Crippen LogP) is 8.01. The molecule has 1 saturated carbocycles. The monoisotopic (exact) mass is 468 g/mol. The number of allylic oxidation sites excluding steroid dienone is 4. The van der Waals surface area contributed by atoms with Crippen LogP contribution in [-0.4, -0.2) is 22.4 Å². The highest BCUT2D eigenvalue weighted by atomic mass is 16.3. The first-order chi connectivity index (χ1) is 15.8. The molecular formula is C32H52O2. The summed E-state index contributed by atoms with van der Waals surface area (Å²) < 4.78 is 0. The average molecular weight is 469 g/mol. The molecule has 0 spiro atoms. The number of hydrogen-bond acceptors (Lipinski definition) is 2. The van der Waals surface area contributed by atoms with E-state index in [1.807, 2.05) is 0 Å². The Morgan fingerprint density at radius 1 is 1.12 bits per heavy atom. The second-order valence-corrected chi connectivity index (χ2v) is 13.9. The van der Waals surface area contributed by atoms with Gasteiger partial charge >= 0.3 is 0 Å². The van der Waals surface area contributed by atoms with Gasteiger partial charge in [-0.15, -0.1) is 0 Å². The van der Waals surface area contributed by atoms with Crippen LogP contribution in [0.5, 0.6) is 0 Å². The molecule has 0 aromatic rings. The molecule has 0 saturated heterocycles. The lowest BCUT2D eigenvalue weighted by atomic mass is 9.45. The molecule has 2 heteroatoms. The SMILES string of the molecule is C=C(CC[C@@H](C)C1CC=C2C3=C([C@@H](O)CC2(C)C1)C1(C)CC[C@H](O)C(C)(C)C1CC3)C(C)CC. The molecule has 0 aromatic heterocycles. The molecule has 5 unspecified atom stereocenters. The van der Waals surface area contributed by atoms with Crippen LogP contribution in [0, 0.1) is 39.9 Å². The zero-order valence-corrected chi connectivity index (χ0v) is 23.2. The number of aliphatic hydroxyl groups excluding tert-OH is 2. The van der Waals surface area contributed by atoms with Gasteiger partial charge in [-0.2, -0.15) is 0 Å². The molecule has 8 atom stereocenters. The van der Waals surface area contributed by atoms with Gasteiger partial charge in [-0.1, -0.05) is 66.7 Å². The third kappa shape index (κ3) is 4.19. The molecule has 4 aliphatic carbocycles. The first-order valence-corrected chi connectivity index (χ1v) is 14.3. The van der Waals surface area contributed by atoms with Crippen LogP contribution >= 0.6 is 0 Å². The van der Waals surface area contributed by atoms with Gasteiger partial charge in [0.15, 0.2) is 0 Å². The summed E-state index contributed by atoms with van der Waals surface area (Å²) in [4.78, 5) is 0. The van der Waals surface area contributed by atoms with E-state index in [2.05, 4.69) is 61.1 Å². The molecular weight excluding hydrogens is 416 g/mol. The van der Waals surface area contributed by atoms with Gasteiger partial charge < -0.3 is 10.2 Å². The largest absolute Gasteiger partial charge is 0.393 e. The lowest BCUT2D eigenvalue weighted by Gasteiger charge is -2.60. The van der Waals surface area contributed by atoms with Crippen LogP contribution in [0.2, 0.25) is 0 Å². The van der Waals surface area contributed by atoms with Crippen molar-refractivity contribution in [2.75, 3.05) is 0 Å². The lowest BCUT2D eigenvalue weighted by Crippen LogP contribution is -2.55. The molecule has 0 radical (unpaired) electrons. The Hall–Kier alpha value is -0.860. The van der Waals surface area contributed by atoms with Gasteiger partial charge in [-0.25, -0.2) is 0 Å². The minimum Gasteiger partial charge on any atom is -0.393 e. The molecule has 0 heterocycles. The summed E-state index contributed by atoms with van der Waals surface area (Å²) in [5.41, 5.74) is 5.86. The van der Waals surface area contributed by atoms with E-state index in [1.165, 1.54) is 42.4 Å². The Labute approximate surface area is 210 Å². The van der Waals surface area contributed by atoms with Gasteiger partial charge in [0, 0.05) is 0 Å². The highest BCUT2D eigenvalue weighted by Crippen LogP contribution is 2.65. The van der Waals surface area contributed by atoms with E-state index >= 15 is 0 Å². The maximum Gasteiger partial charge on any atom is 0.0769 e. The average Bonchev–Trinajstić information content (AvgIpc) is 2.78. The minimum atomic E-state index is -0.338. The first kappa shape index (κ1) is 26.2. The van der Waals surface area contributed by atoms with Crippen molar-refractivity contribution in [3.8, 4) is 0 Å². The van der Waals surface area contributed by atoms with E-state index in [0.29, 0.717) is 23.7 Å². The molecule has 0 aliphatic heterocycles. The van der Waals surface area contributed by atoms with Gasteiger partial charge in [-0.05, 0) is 121 Å². The molecule has 2 N–H and O–H groups in total. The number of rotatable bonds is 6. The normalized spacial score (nSPS) is 41.0. The molecule has 0 amide bonds. The van der Waals surface area contributed by atoms with Crippen molar-refractivity contribution in [1.82, 2.24) is 0 Å². The molecule has 1 fully saturated rings. The van der Waals surface area contributed by atoms with E-state index < -0.39 is 0 Å². The van der Waals surface area contributed by atoms with E-state index in [4.69, 9.17) is 0 Å². The van der Waals surface area contributed by atoms with Crippen LogP contribution in [0.1, 0.15) is 113 Å². The molecule has 0 aromatic carbocycles. The van der Waals surface area contributed by atoms with E-state index in [9.17, 15) is 10.2 Å². The fourth-order valence-electron chi connectivity index (χ4n) is 8.79. The van der Waals surface area contributed by atoms with Crippen molar-refractivity contribution in [1.29, 1.82) is 0 Å². The Morgan fingerprint density at radius 3 is 2.50 bits per heavy atom. The molecule has 2 nitrogen and oxygen atoms in total. The Morgan fingerprint density at radius 2 is 1.82 bits per heavy atom. The number of hydrogen-bond donors (Lipinski definition) is 2. The summed E-state index contributed by atoms with van der Waals surface area (Å²) in [7, 11) is 0. The third-order valence-electron chi connectivity index (χ3n) is 11.4. The van der Waals surface area contributed by atoms with Crippen LogP contribution in [0.4, 0.5) is 0 Å². The quantitative estimate of drug-likeness (QED) is 0.388. The van der Waals surface area contributed by atoms with E-state index in [1.54, 1.807) is 5.57 Å². The third-order valence-corrected chi connectivity index (χ3v) is 11.4. The van der Waals surface area contributed by atoms with Gasteiger partial charge in [0.1, 0.15) is 0 Å². The van der Waals surface area contributed by atoms with Crippen LogP contribution in [-0.2, 0) is 0 Å². The highest BCUT2D eigenvalue weighted by molar-refractivity contribution is 5.50. The molecule has 4 rings (SSSR count). The number of aliphatic hydroxyl groups is 2. The second-order valence-electron chi connectivity index (χ2n) is 13.9. The Kier molecular flexibility index (Phi) is 7.11. The van der Waals surface area contributed by atoms with Gasteiger partial charge in [0.25, 0.3) is 0 Å². The van der Waals surface area contributed by atoms with Crippen LogP contribution in [0.15, 0.2) is 34.9 Å². The van der Waals surface area contributed by atoms with Crippen molar-refractivity contribution in [3.05, 3.63) is 34.9 Å².